The van der Waals surface area contributed by atoms with Crippen LogP contribution in [0.15, 0.2) is 58.1 Å². The molecule has 1 saturated heterocycles. The lowest BCUT2D eigenvalue weighted by Gasteiger charge is -2.26. The lowest BCUT2D eigenvalue weighted by Crippen LogP contribution is -2.44. The summed E-state index contributed by atoms with van der Waals surface area (Å²) in [5.74, 6) is 1.61. The molecule has 3 rings (SSSR count). The van der Waals surface area contributed by atoms with Crippen molar-refractivity contribution in [2.75, 3.05) is 39.8 Å². The Hall–Kier alpha value is -2.80. The largest absolute Gasteiger partial charge is 0.468 e. The maximum Gasteiger partial charge on any atom is 0.251 e. The molecule has 2 aromatic rings. The summed E-state index contributed by atoms with van der Waals surface area (Å²) in [6, 6.07) is 13.4. The Morgan fingerprint density at radius 2 is 1.82 bits per heavy atom. The van der Waals surface area contributed by atoms with Crippen LogP contribution in [-0.2, 0) is 0 Å². The highest BCUT2D eigenvalue weighted by atomic mass is 16.3. The van der Waals surface area contributed by atoms with E-state index in [4.69, 9.17) is 4.42 Å². The zero-order valence-electron chi connectivity index (χ0n) is 16.4. The molecule has 0 aliphatic carbocycles. The molecule has 3 N–H and O–H groups in total. The van der Waals surface area contributed by atoms with E-state index in [9.17, 15) is 4.79 Å². The number of carbonyl (C=O) groups excluding carboxylic acids is 1. The first kappa shape index (κ1) is 19.9. The van der Waals surface area contributed by atoms with Crippen LogP contribution in [0, 0.1) is 0 Å². The molecular weight excluding hydrogens is 354 g/mol. The minimum Gasteiger partial charge on any atom is -0.468 e. The number of aliphatic imine (C=N–C) groups is 1. The number of amides is 1. The number of nitrogens with zero attached hydrogens (tertiary/aromatic N) is 2. The molecule has 0 radical (unpaired) electrons. The maximum atomic E-state index is 12.1. The molecule has 7 nitrogen and oxygen atoms in total. The van der Waals surface area contributed by atoms with Crippen molar-refractivity contribution in [2.45, 2.75) is 18.9 Å². The number of hydrogen-bond acceptors (Lipinski definition) is 4. The topological polar surface area (TPSA) is 81.9 Å². The third-order valence-electron chi connectivity index (χ3n) is 4.88. The van der Waals surface area contributed by atoms with Gasteiger partial charge in [0.2, 0.25) is 0 Å². The molecular formula is C21H29N5O2. The summed E-state index contributed by atoms with van der Waals surface area (Å²) < 4.78 is 5.65. The number of likely N-dealkylation sites (tertiary alicyclic amines) is 1. The SMILES string of the molecule is CN=C(NCCNC(=O)c1ccccc1)NCC(c1ccco1)N1CCCC1. The third-order valence-corrected chi connectivity index (χ3v) is 4.88. The molecule has 1 fully saturated rings. The monoisotopic (exact) mass is 383 g/mol. The van der Waals surface area contributed by atoms with Gasteiger partial charge < -0.3 is 20.4 Å². The second-order valence-corrected chi connectivity index (χ2v) is 6.78. The van der Waals surface area contributed by atoms with Crippen LogP contribution in [0.4, 0.5) is 0 Å². The van der Waals surface area contributed by atoms with Crippen molar-refractivity contribution in [3.63, 3.8) is 0 Å². The quantitative estimate of drug-likeness (QED) is 0.369. The standard InChI is InChI=1S/C21H29N5O2/c1-22-21(24-12-11-23-20(27)17-8-3-2-4-9-17)25-16-18(19-10-7-15-28-19)26-13-5-6-14-26/h2-4,7-10,15,18H,5-6,11-14,16H2,1H3,(H,23,27)(H2,22,24,25). The molecule has 150 valence electrons. The smallest absolute Gasteiger partial charge is 0.251 e. The predicted molar refractivity (Wildman–Crippen MR) is 110 cm³/mol. The summed E-state index contributed by atoms with van der Waals surface area (Å²) >= 11 is 0. The van der Waals surface area contributed by atoms with Crippen molar-refractivity contribution >= 4 is 11.9 Å². The Bertz CT molecular complexity index is 739. The molecule has 1 atom stereocenters. The van der Waals surface area contributed by atoms with Gasteiger partial charge in [-0.2, -0.15) is 0 Å². The fourth-order valence-electron chi connectivity index (χ4n) is 3.41. The Labute approximate surface area is 166 Å². The third kappa shape index (κ3) is 5.60. The van der Waals surface area contributed by atoms with Crippen LogP contribution >= 0.6 is 0 Å². The molecule has 28 heavy (non-hydrogen) atoms. The van der Waals surface area contributed by atoms with Gasteiger partial charge in [0.25, 0.3) is 5.91 Å². The minimum absolute atomic E-state index is 0.0720. The molecule has 2 heterocycles. The molecule has 1 aromatic heterocycles. The van der Waals surface area contributed by atoms with E-state index >= 15 is 0 Å². The van der Waals surface area contributed by atoms with Crippen LogP contribution in [0.3, 0.4) is 0 Å². The Morgan fingerprint density at radius 3 is 2.50 bits per heavy atom. The van der Waals surface area contributed by atoms with E-state index in [1.807, 2.05) is 30.3 Å². The van der Waals surface area contributed by atoms with Gasteiger partial charge in [0.05, 0.1) is 12.3 Å². The van der Waals surface area contributed by atoms with E-state index in [-0.39, 0.29) is 11.9 Å². The zero-order chi connectivity index (χ0) is 19.6. The van der Waals surface area contributed by atoms with Gasteiger partial charge in [-0.1, -0.05) is 18.2 Å². The molecule has 1 unspecified atom stereocenters. The normalized spacial score (nSPS) is 16.0. The fourth-order valence-corrected chi connectivity index (χ4v) is 3.41. The summed E-state index contributed by atoms with van der Waals surface area (Å²) in [4.78, 5) is 18.8. The lowest BCUT2D eigenvalue weighted by molar-refractivity contribution is 0.0954. The van der Waals surface area contributed by atoms with Gasteiger partial charge in [0.1, 0.15) is 5.76 Å². The van der Waals surface area contributed by atoms with Crippen molar-refractivity contribution in [1.29, 1.82) is 0 Å². The Morgan fingerprint density at radius 1 is 1.07 bits per heavy atom. The van der Waals surface area contributed by atoms with Gasteiger partial charge in [-0.05, 0) is 50.2 Å². The second-order valence-electron chi connectivity index (χ2n) is 6.78. The molecule has 0 saturated carbocycles. The number of nitrogens with one attached hydrogen (secondary N) is 3. The summed E-state index contributed by atoms with van der Waals surface area (Å²) in [5.41, 5.74) is 0.664. The van der Waals surface area contributed by atoms with Crippen molar-refractivity contribution in [1.82, 2.24) is 20.9 Å². The van der Waals surface area contributed by atoms with Crippen molar-refractivity contribution in [3.8, 4) is 0 Å². The van der Waals surface area contributed by atoms with Crippen LogP contribution in [0.2, 0.25) is 0 Å². The lowest BCUT2D eigenvalue weighted by atomic mass is 10.2. The molecule has 7 heteroatoms. The first-order valence-corrected chi connectivity index (χ1v) is 9.83. The van der Waals surface area contributed by atoms with Crippen LogP contribution in [0.25, 0.3) is 0 Å². The predicted octanol–water partition coefficient (Wildman–Crippen LogP) is 2.01. The highest BCUT2D eigenvalue weighted by Crippen LogP contribution is 2.24. The van der Waals surface area contributed by atoms with E-state index in [0.717, 1.165) is 18.8 Å². The number of guanidine groups is 1. The number of furan rings is 1. The second kappa shape index (κ2) is 10.5. The molecule has 0 spiro atoms. The van der Waals surface area contributed by atoms with Gasteiger partial charge in [-0.15, -0.1) is 0 Å². The minimum atomic E-state index is -0.0720. The van der Waals surface area contributed by atoms with Gasteiger partial charge in [-0.25, -0.2) is 0 Å². The van der Waals surface area contributed by atoms with Crippen molar-refractivity contribution in [2.24, 2.45) is 4.99 Å². The Kier molecular flexibility index (Phi) is 7.49. The van der Waals surface area contributed by atoms with E-state index in [1.54, 1.807) is 25.4 Å². The average Bonchev–Trinajstić information content (AvgIpc) is 3.45. The van der Waals surface area contributed by atoms with Gasteiger partial charge in [0, 0.05) is 32.2 Å². The summed E-state index contributed by atoms with van der Waals surface area (Å²) in [7, 11) is 1.75. The summed E-state index contributed by atoms with van der Waals surface area (Å²) in [6.45, 7) is 3.99. The zero-order valence-corrected chi connectivity index (χ0v) is 16.4. The molecule has 0 bridgehead atoms. The van der Waals surface area contributed by atoms with Crippen LogP contribution in [0.1, 0.15) is 35.0 Å². The van der Waals surface area contributed by atoms with Gasteiger partial charge in [0.15, 0.2) is 5.96 Å². The molecule has 1 aromatic carbocycles. The highest BCUT2D eigenvalue weighted by molar-refractivity contribution is 5.94. The van der Waals surface area contributed by atoms with Crippen LogP contribution < -0.4 is 16.0 Å². The summed E-state index contributed by atoms with van der Waals surface area (Å²) in [5, 5.41) is 9.52. The maximum absolute atomic E-state index is 12.1. The molecule has 1 amide bonds. The highest BCUT2D eigenvalue weighted by Gasteiger charge is 2.25. The number of rotatable bonds is 8. The van der Waals surface area contributed by atoms with Crippen molar-refractivity contribution < 1.29 is 9.21 Å². The molecule has 1 aliphatic rings. The first-order chi connectivity index (χ1) is 13.8. The number of hydrogen-bond donors (Lipinski definition) is 3. The van der Waals surface area contributed by atoms with E-state index < -0.39 is 0 Å². The van der Waals surface area contributed by atoms with Crippen LogP contribution in [0.5, 0.6) is 0 Å². The van der Waals surface area contributed by atoms with Gasteiger partial charge >= 0.3 is 0 Å². The first-order valence-electron chi connectivity index (χ1n) is 9.83. The van der Waals surface area contributed by atoms with Crippen LogP contribution in [-0.4, -0.2) is 56.5 Å². The van der Waals surface area contributed by atoms with E-state index in [0.29, 0.717) is 31.2 Å². The number of benzene rings is 1. The van der Waals surface area contributed by atoms with Gasteiger partial charge in [-0.3, -0.25) is 14.7 Å². The summed E-state index contributed by atoms with van der Waals surface area (Å²) in [6.07, 6.45) is 4.18. The number of carbonyl (C=O) groups is 1. The Balaban J connectivity index is 1.43. The van der Waals surface area contributed by atoms with Crippen molar-refractivity contribution in [3.05, 3.63) is 60.1 Å². The fraction of sp³-hybridized carbons (Fsp3) is 0.429. The average molecular weight is 383 g/mol. The van der Waals surface area contributed by atoms with E-state index in [2.05, 4.69) is 25.8 Å². The van der Waals surface area contributed by atoms with E-state index in [1.165, 1.54) is 12.8 Å². The molecule has 1 aliphatic heterocycles.